The predicted molar refractivity (Wildman–Crippen MR) is 58.9 cm³/mol. The average Bonchev–Trinajstić information content (AvgIpc) is 2.32. The van der Waals surface area contributed by atoms with Crippen LogP contribution in [0.5, 0.6) is 0 Å². The number of nitrogens with zero attached hydrogens (tertiary/aromatic N) is 1. The minimum Gasteiger partial charge on any atom is -0.394 e. The number of ether oxygens (including phenoxy) is 1. The lowest BCUT2D eigenvalue weighted by atomic mass is 10.0. The van der Waals surface area contributed by atoms with E-state index in [1.165, 1.54) is 6.20 Å². The van der Waals surface area contributed by atoms with E-state index in [1.54, 1.807) is 0 Å². The summed E-state index contributed by atoms with van der Waals surface area (Å²) in [5.41, 5.74) is -1.21. The van der Waals surface area contributed by atoms with Crippen molar-refractivity contribution in [3.05, 3.63) is 33.1 Å². The fraction of sp³-hybridized carbons (Fsp3) is 0.600. The van der Waals surface area contributed by atoms with Gasteiger partial charge in [0.1, 0.15) is 18.4 Å². The van der Waals surface area contributed by atoms with E-state index in [0.717, 1.165) is 10.6 Å². The summed E-state index contributed by atoms with van der Waals surface area (Å²) in [4.78, 5) is 24.5. The van der Waals surface area contributed by atoms with Gasteiger partial charge >= 0.3 is 5.69 Å². The van der Waals surface area contributed by atoms with E-state index in [0.29, 0.717) is 0 Å². The summed E-state index contributed by atoms with van der Waals surface area (Å²) in [7, 11) is 0. The standard InChI is InChI=1S/C10H14N2O6/c13-4-6-9(16)5(14)3-8(18-6)12-2-1-7(15)11-10(12)17/h1-2,5-6,8-9,13-14,16H,3-4H2,(H,11,15,17)/t5-,6+,8-,9+/m1/s1. The van der Waals surface area contributed by atoms with Crippen LogP contribution in [0.4, 0.5) is 0 Å². The Morgan fingerprint density at radius 3 is 2.78 bits per heavy atom. The van der Waals surface area contributed by atoms with E-state index < -0.39 is 42.4 Å². The second kappa shape index (κ2) is 5.02. The van der Waals surface area contributed by atoms with E-state index >= 15 is 0 Å². The molecule has 0 spiro atoms. The number of aliphatic hydroxyl groups excluding tert-OH is 3. The van der Waals surface area contributed by atoms with Gasteiger partial charge in [0.05, 0.1) is 12.7 Å². The topological polar surface area (TPSA) is 125 Å². The summed E-state index contributed by atoms with van der Waals surface area (Å²) >= 11 is 0. The first kappa shape index (κ1) is 13.0. The van der Waals surface area contributed by atoms with Crippen LogP contribution < -0.4 is 11.2 Å². The minimum absolute atomic E-state index is 0.0103. The first-order valence-corrected chi connectivity index (χ1v) is 5.47. The Bertz CT molecular complexity index is 524. The maximum absolute atomic E-state index is 11.5. The van der Waals surface area contributed by atoms with Gasteiger partial charge in [0.15, 0.2) is 0 Å². The summed E-state index contributed by atoms with van der Waals surface area (Å²) in [5, 5.41) is 28.2. The van der Waals surface area contributed by atoms with E-state index in [2.05, 4.69) is 4.98 Å². The Labute approximate surface area is 101 Å². The van der Waals surface area contributed by atoms with Crippen LogP contribution in [0.3, 0.4) is 0 Å². The van der Waals surface area contributed by atoms with Gasteiger partial charge in [-0.2, -0.15) is 0 Å². The summed E-state index contributed by atoms with van der Waals surface area (Å²) in [6.45, 7) is -0.479. The zero-order chi connectivity index (χ0) is 13.3. The Morgan fingerprint density at radius 1 is 1.44 bits per heavy atom. The molecule has 8 nitrogen and oxygen atoms in total. The second-order valence-corrected chi connectivity index (χ2v) is 4.12. The van der Waals surface area contributed by atoms with Gasteiger partial charge in [-0.15, -0.1) is 0 Å². The van der Waals surface area contributed by atoms with Crippen LogP contribution in [0.1, 0.15) is 12.6 Å². The molecule has 0 radical (unpaired) electrons. The van der Waals surface area contributed by atoms with Crippen LogP contribution in [0, 0.1) is 0 Å². The molecular formula is C10H14N2O6. The van der Waals surface area contributed by atoms with Crippen LogP contribution in [0.2, 0.25) is 0 Å². The summed E-state index contributed by atoms with van der Waals surface area (Å²) < 4.78 is 6.40. The molecule has 4 N–H and O–H groups in total. The quantitative estimate of drug-likeness (QED) is 0.466. The lowest BCUT2D eigenvalue weighted by Crippen LogP contribution is -2.50. The third kappa shape index (κ3) is 2.36. The van der Waals surface area contributed by atoms with Crippen molar-refractivity contribution in [3.8, 4) is 0 Å². The summed E-state index contributed by atoms with van der Waals surface area (Å²) in [5.74, 6) is 0. The van der Waals surface area contributed by atoms with Crippen molar-refractivity contribution in [2.45, 2.75) is 31.0 Å². The molecule has 8 heteroatoms. The molecular weight excluding hydrogens is 244 g/mol. The molecule has 0 bridgehead atoms. The third-order valence-corrected chi connectivity index (χ3v) is 2.89. The number of aromatic amines is 1. The Hall–Kier alpha value is -1.48. The molecule has 1 aromatic rings. The summed E-state index contributed by atoms with van der Waals surface area (Å²) in [6.07, 6.45) is -2.90. The largest absolute Gasteiger partial charge is 0.394 e. The van der Waals surface area contributed by atoms with Crippen LogP contribution in [0.15, 0.2) is 21.9 Å². The zero-order valence-corrected chi connectivity index (χ0v) is 9.39. The second-order valence-electron chi connectivity index (χ2n) is 4.12. The van der Waals surface area contributed by atoms with Gasteiger partial charge < -0.3 is 20.1 Å². The Morgan fingerprint density at radius 2 is 2.17 bits per heavy atom. The van der Waals surface area contributed by atoms with Crippen molar-refractivity contribution < 1.29 is 20.1 Å². The molecule has 0 aromatic carbocycles. The van der Waals surface area contributed by atoms with Crippen molar-refractivity contribution in [2.75, 3.05) is 6.61 Å². The van der Waals surface area contributed by atoms with Crippen molar-refractivity contribution in [1.82, 2.24) is 9.55 Å². The molecule has 1 aliphatic heterocycles. The zero-order valence-electron chi connectivity index (χ0n) is 9.39. The molecule has 100 valence electrons. The highest BCUT2D eigenvalue weighted by atomic mass is 16.5. The Balaban J connectivity index is 2.28. The molecule has 2 heterocycles. The van der Waals surface area contributed by atoms with Crippen LogP contribution in [0.25, 0.3) is 0 Å². The first-order chi connectivity index (χ1) is 8.52. The number of nitrogens with one attached hydrogen (secondary N) is 1. The highest BCUT2D eigenvalue weighted by molar-refractivity contribution is 4.89. The van der Waals surface area contributed by atoms with E-state index in [4.69, 9.17) is 9.84 Å². The molecule has 0 unspecified atom stereocenters. The maximum atomic E-state index is 11.5. The lowest BCUT2D eigenvalue weighted by molar-refractivity contribution is -0.202. The van der Waals surface area contributed by atoms with Gasteiger partial charge in [0.2, 0.25) is 0 Å². The van der Waals surface area contributed by atoms with Gasteiger partial charge in [-0.05, 0) is 0 Å². The van der Waals surface area contributed by atoms with Gasteiger partial charge in [-0.1, -0.05) is 0 Å². The Kier molecular flexibility index (Phi) is 3.62. The van der Waals surface area contributed by atoms with E-state index in [-0.39, 0.29) is 6.42 Å². The molecule has 18 heavy (non-hydrogen) atoms. The van der Waals surface area contributed by atoms with E-state index in [9.17, 15) is 19.8 Å². The number of hydrogen-bond acceptors (Lipinski definition) is 6. The molecule has 2 rings (SSSR count). The fourth-order valence-electron chi connectivity index (χ4n) is 1.92. The highest BCUT2D eigenvalue weighted by Crippen LogP contribution is 2.26. The molecule has 4 atom stereocenters. The van der Waals surface area contributed by atoms with Gasteiger partial charge in [-0.3, -0.25) is 14.3 Å². The maximum Gasteiger partial charge on any atom is 0.330 e. The molecule has 1 aromatic heterocycles. The van der Waals surface area contributed by atoms with E-state index in [1.807, 2.05) is 0 Å². The fourth-order valence-corrected chi connectivity index (χ4v) is 1.92. The van der Waals surface area contributed by atoms with Crippen molar-refractivity contribution in [1.29, 1.82) is 0 Å². The third-order valence-electron chi connectivity index (χ3n) is 2.89. The number of hydrogen-bond donors (Lipinski definition) is 4. The first-order valence-electron chi connectivity index (χ1n) is 5.47. The SMILES string of the molecule is O=c1ccn([C@H]2C[C@@H](O)[C@H](O)[C@H](CO)O2)c(=O)[nH]1. The molecule has 1 fully saturated rings. The van der Waals surface area contributed by atoms with Gasteiger partial charge in [0.25, 0.3) is 5.56 Å². The average molecular weight is 258 g/mol. The smallest absolute Gasteiger partial charge is 0.330 e. The minimum atomic E-state index is -1.20. The highest BCUT2D eigenvalue weighted by Gasteiger charge is 2.37. The van der Waals surface area contributed by atoms with Crippen molar-refractivity contribution >= 4 is 0 Å². The van der Waals surface area contributed by atoms with Crippen molar-refractivity contribution in [2.24, 2.45) is 0 Å². The predicted octanol–water partition coefficient (Wildman–Crippen LogP) is -2.46. The lowest BCUT2D eigenvalue weighted by Gasteiger charge is -2.36. The number of aliphatic hydroxyl groups is 3. The number of rotatable bonds is 2. The number of H-pyrrole nitrogens is 1. The molecule has 0 saturated carbocycles. The van der Waals surface area contributed by atoms with Crippen LogP contribution in [-0.4, -0.2) is 49.8 Å². The summed E-state index contributed by atoms with van der Waals surface area (Å²) in [6, 6.07) is 1.15. The van der Waals surface area contributed by atoms with Crippen molar-refractivity contribution in [3.63, 3.8) is 0 Å². The normalized spacial score (nSPS) is 32.4. The van der Waals surface area contributed by atoms with Gasteiger partial charge in [-0.25, -0.2) is 4.79 Å². The molecule has 1 aliphatic rings. The van der Waals surface area contributed by atoms with Crippen LogP contribution >= 0.6 is 0 Å². The molecule has 1 saturated heterocycles. The number of aromatic nitrogens is 2. The molecule has 0 amide bonds. The van der Waals surface area contributed by atoms with Gasteiger partial charge in [0, 0.05) is 18.7 Å². The molecule has 0 aliphatic carbocycles. The van der Waals surface area contributed by atoms with Crippen LogP contribution in [-0.2, 0) is 4.74 Å². The monoisotopic (exact) mass is 258 g/mol.